The minimum atomic E-state index is -4.30. The first kappa shape index (κ1) is 22.0. The van der Waals surface area contributed by atoms with Crippen molar-refractivity contribution in [2.75, 3.05) is 0 Å². The quantitative estimate of drug-likeness (QED) is 0.487. The molecule has 0 aliphatic carbocycles. The van der Waals surface area contributed by atoms with Gasteiger partial charge in [-0.05, 0) is 78.1 Å². The number of benzene rings is 3. The molecule has 0 amide bonds. The topological polar surface area (TPSA) is 72.8 Å². The summed E-state index contributed by atoms with van der Waals surface area (Å²) in [5.41, 5.74) is 4.82. The Balaban J connectivity index is 1.81. The number of hydrogen-bond acceptors (Lipinski definition) is 4. The van der Waals surface area contributed by atoms with Gasteiger partial charge in [-0.2, -0.15) is 8.78 Å². The van der Waals surface area contributed by atoms with Gasteiger partial charge in [0.2, 0.25) is 0 Å². The largest absolute Gasteiger partial charge is 0.501 e. The molecule has 3 rings (SSSR count). The van der Waals surface area contributed by atoms with Crippen LogP contribution in [0.2, 0.25) is 0 Å². The minimum absolute atomic E-state index is 0.232. The van der Waals surface area contributed by atoms with Crippen LogP contribution in [0, 0.1) is 13.8 Å². The lowest BCUT2D eigenvalue weighted by molar-refractivity contribution is -0.210. The lowest BCUT2D eigenvalue weighted by Gasteiger charge is -2.17. The maximum atomic E-state index is 13.3. The molecule has 0 heterocycles. The molecule has 7 heteroatoms. The predicted octanol–water partition coefficient (Wildman–Crippen LogP) is 5.42. The van der Waals surface area contributed by atoms with E-state index in [1.165, 1.54) is 12.1 Å². The average molecular weight is 426 g/mol. The van der Waals surface area contributed by atoms with Crippen molar-refractivity contribution in [2.24, 2.45) is 0 Å². The summed E-state index contributed by atoms with van der Waals surface area (Å²) < 4.78 is 36.8. The number of alkyl halides is 2. The number of halogens is 2. The van der Waals surface area contributed by atoms with Crippen LogP contribution in [0.5, 0.6) is 11.5 Å². The van der Waals surface area contributed by atoms with Crippen molar-refractivity contribution in [3.63, 3.8) is 0 Å². The number of aldehydes is 1. The van der Waals surface area contributed by atoms with E-state index in [-0.39, 0.29) is 5.75 Å². The first-order valence-corrected chi connectivity index (χ1v) is 9.39. The lowest BCUT2D eigenvalue weighted by Crippen LogP contribution is -2.34. The summed E-state index contributed by atoms with van der Waals surface area (Å²) in [7, 11) is 0. The highest BCUT2D eigenvalue weighted by molar-refractivity contribution is 5.75. The number of hydrogen-bond donors (Lipinski definition) is 1. The van der Waals surface area contributed by atoms with Crippen LogP contribution < -0.4 is 9.47 Å². The summed E-state index contributed by atoms with van der Waals surface area (Å²) in [5.74, 6) is -1.95. The highest BCUT2D eigenvalue weighted by atomic mass is 19.3. The Bertz CT molecular complexity index is 1110. The smallest absolute Gasteiger partial charge is 0.489 e. The second-order valence-electron chi connectivity index (χ2n) is 6.97. The molecule has 0 aliphatic heterocycles. The van der Waals surface area contributed by atoms with E-state index in [1.807, 2.05) is 25.1 Å². The Morgan fingerprint density at radius 1 is 1.00 bits per heavy atom. The zero-order valence-electron chi connectivity index (χ0n) is 16.9. The first-order chi connectivity index (χ1) is 14.7. The van der Waals surface area contributed by atoms with E-state index in [0.717, 1.165) is 28.5 Å². The Kier molecular flexibility index (Phi) is 6.34. The number of aliphatic carboxylic acids is 1. The van der Waals surface area contributed by atoms with Crippen LogP contribution in [-0.2, 0) is 11.4 Å². The number of carboxylic acid groups (broad SMARTS) is 1. The maximum Gasteiger partial charge on any atom is 0.501 e. The van der Waals surface area contributed by atoms with E-state index >= 15 is 0 Å². The van der Waals surface area contributed by atoms with Gasteiger partial charge in [-0.25, -0.2) is 4.79 Å². The van der Waals surface area contributed by atoms with Crippen LogP contribution in [0.3, 0.4) is 0 Å². The second-order valence-corrected chi connectivity index (χ2v) is 6.97. The zero-order valence-corrected chi connectivity index (χ0v) is 16.9. The normalized spacial score (nSPS) is 11.1. The molecule has 0 radical (unpaired) electrons. The van der Waals surface area contributed by atoms with Gasteiger partial charge in [0.1, 0.15) is 24.4 Å². The summed E-state index contributed by atoms with van der Waals surface area (Å²) >= 11 is 0. The molecule has 0 aliphatic rings. The summed E-state index contributed by atoms with van der Waals surface area (Å²) in [5, 5.41) is 8.53. The van der Waals surface area contributed by atoms with E-state index in [4.69, 9.17) is 9.84 Å². The third-order valence-electron chi connectivity index (χ3n) is 4.84. The van der Waals surface area contributed by atoms with E-state index in [1.54, 1.807) is 37.3 Å². The van der Waals surface area contributed by atoms with Crippen LogP contribution in [0.15, 0.2) is 60.7 Å². The SMILES string of the molecule is Cc1cc(OC(F)(F)C(=O)O)ccc1-c1cccc(COc2ccc(C=O)cc2)c1C. The predicted molar refractivity (Wildman–Crippen MR) is 111 cm³/mol. The highest BCUT2D eigenvalue weighted by Crippen LogP contribution is 2.32. The number of ether oxygens (including phenoxy) is 2. The number of rotatable bonds is 8. The van der Waals surface area contributed by atoms with Gasteiger partial charge >= 0.3 is 12.1 Å². The molecule has 0 aromatic heterocycles. The highest BCUT2D eigenvalue weighted by Gasteiger charge is 2.42. The van der Waals surface area contributed by atoms with Gasteiger partial charge in [-0.1, -0.05) is 24.3 Å². The zero-order chi connectivity index (χ0) is 22.6. The Morgan fingerprint density at radius 2 is 1.68 bits per heavy atom. The number of carbonyl (C=O) groups excluding carboxylic acids is 1. The van der Waals surface area contributed by atoms with Crippen LogP contribution in [0.4, 0.5) is 8.78 Å². The number of carboxylic acids is 1. The van der Waals surface area contributed by atoms with Crippen molar-refractivity contribution in [3.8, 4) is 22.6 Å². The van der Waals surface area contributed by atoms with E-state index in [9.17, 15) is 18.4 Å². The van der Waals surface area contributed by atoms with Crippen molar-refractivity contribution in [3.05, 3.63) is 82.9 Å². The first-order valence-electron chi connectivity index (χ1n) is 9.39. The van der Waals surface area contributed by atoms with Crippen molar-refractivity contribution < 1.29 is 33.0 Å². The van der Waals surface area contributed by atoms with Gasteiger partial charge in [-0.15, -0.1) is 0 Å². The fraction of sp³-hybridized carbons (Fsp3) is 0.167. The summed E-state index contributed by atoms with van der Waals surface area (Å²) in [6.07, 6.45) is -3.54. The molecule has 0 unspecified atom stereocenters. The van der Waals surface area contributed by atoms with E-state index in [0.29, 0.717) is 23.5 Å². The molecule has 0 fully saturated rings. The Morgan fingerprint density at radius 3 is 2.29 bits per heavy atom. The molecule has 3 aromatic carbocycles. The molecule has 160 valence electrons. The third-order valence-corrected chi connectivity index (χ3v) is 4.84. The standard InChI is InChI=1S/C24H20F2O5/c1-15-12-20(31-24(25,26)23(28)29)10-11-21(15)22-5-3-4-18(16(22)2)14-30-19-8-6-17(13-27)7-9-19/h3-13H,14H2,1-2H3,(H,28,29). The van der Waals surface area contributed by atoms with Gasteiger partial charge in [0.15, 0.2) is 0 Å². The molecule has 5 nitrogen and oxygen atoms in total. The van der Waals surface area contributed by atoms with Gasteiger partial charge in [-0.3, -0.25) is 4.79 Å². The molecule has 31 heavy (non-hydrogen) atoms. The fourth-order valence-corrected chi connectivity index (χ4v) is 3.13. The van der Waals surface area contributed by atoms with Crippen LogP contribution >= 0.6 is 0 Å². The maximum absolute atomic E-state index is 13.3. The fourth-order valence-electron chi connectivity index (χ4n) is 3.13. The van der Waals surface area contributed by atoms with Gasteiger partial charge in [0.25, 0.3) is 0 Å². The minimum Gasteiger partial charge on any atom is -0.489 e. The molecule has 0 spiro atoms. The van der Waals surface area contributed by atoms with Gasteiger partial charge in [0.05, 0.1) is 0 Å². The Hall–Kier alpha value is -3.74. The molecule has 0 bridgehead atoms. The van der Waals surface area contributed by atoms with Crippen molar-refractivity contribution in [1.82, 2.24) is 0 Å². The monoisotopic (exact) mass is 426 g/mol. The van der Waals surface area contributed by atoms with E-state index < -0.39 is 12.1 Å². The van der Waals surface area contributed by atoms with Crippen LogP contribution in [-0.4, -0.2) is 23.5 Å². The van der Waals surface area contributed by atoms with Gasteiger partial charge < -0.3 is 14.6 Å². The van der Waals surface area contributed by atoms with Crippen molar-refractivity contribution >= 4 is 12.3 Å². The third kappa shape index (κ3) is 5.06. The Labute approximate surface area is 177 Å². The molecule has 3 aromatic rings. The molecular formula is C24H20F2O5. The lowest BCUT2D eigenvalue weighted by atomic mass is 9.93. The number of aryl methyl sites for hydroxylation is 1. The van der Waals surface area contributed by atoms with Crippen molar-refractivity contribution in [2.45, 2.75) is 26.6 Å². The number of carbonyl (C=O) groups is 2. The summed E-state index contributed by atoms with van der Waals surface area (Å²) in [6, 6.07) is 16.8. The molecule has 1 N–H and O–H groups in total. The molecule has 0 atom stereocenters. The van der Waals surface area contributed by atoms with Crippen LogP contribution in [0.25, 0.3) is 11.1 Å². The summed E-state index contributed by atoms with van der Waals surface area (Å²) in [6.45, 7) is 3.98. The molecule has 0 saturated heterocycles. The second kappa shape index (κ2) is 8.95. The van der Waals surface area contributed by atoms with Crippen molar-refractivity contribution in [1.29, 1.82) is 0 Å². The molecule has 0 saturated carbocycles. The molecular weight excluding hydrogens is 406 g/mol. The average Bonchev–Trinajstić information content (AvgIpc) is 2.73. The summed E-state index contributed by atoms with van der Waals surface area (Å²) in [4.78, 5) is 21.3. The van der Waals surface area contributed by atoms with Crippen LogP contribution in [0.1, 0.15) is 27.0 Å². The van der Waals surface area contributed by atoms with E-state index in [2.05, 4.69) is 4.74 Å². The van der Waals surface area contributed by atoms with Gasteiger partial charge in [0, 0.05) is 5.56 Å².